The molecule has 0 aliphatic rings. The second-order valence-electron chi connectivity index (χ2n) is 5.96. The second kappa shape index (κ2) is 17.4. The van der Waals surface area contributed by atoms with E-state index in [4.69, 9.17) is 24.1 Å². The predicted octanol–water partition coefficient (Wildman–Crippen LogP) is -1.04. The van der Waals surface area contributed by atoms with Crippen LogP contribution in [0.3, 0.4) is 0 Å². The number of aromatic nitrogens is 3. The topological polar surface area (TPSA) is 94.0 Å². The van der Waals surface area contributed by atoms with E-state index in [0.717, 1.165) is 48.2 Å². The van der Waals surface area contributed by atoms with Gasteiger partial charge in [0.2, 0.25) is 0 Å². The Morgan fingerprint density at radius 3 is 1.53 bits per heavy atom. The smallest absolute Gasteiger partial charge is 1.00 e. The molecule has 0 aliphatic heterocycles. The van der Waals surface area contributed by atoms with Gasteiger partial charge in [0.15, 0.2) is 0 Å². The van der Waals surface area contributed by atoms with Crippen molar-refractivity contribution in [3.63, 3.8) is 0 Å². The zero-order valence-corrected chi connectivity index (χ0v) is 20.5. The van der Waals surface area contributed by atoms with Crippen molar-refractivity contribution in [3.8, 4) is 22.8 Å². The minimum atomic E-state index is 0. The Kier molecular flexibility index (Phi) is 16.6. The number of halogens is 1. The van der Waals surface area contributed by atoms with E-state index < -0.39 is 0 Å². The van der Waals surface area contributed by atoms with Gasteiger partial charge in [-0.2, -0.15) is 5.75 Å². The van der Waals surface area contributed by atoms with Gasteiger partial charge in [-0.05, 0) is 42.9 Å². The van der Waals surface area contributed by atoms with Crippen LogP contribution in [0.2, 0.25) is 0 Å². The molecule has 0 aromatic carbocycles. The fourth-order valence-corrected chi connectivity index (χ4v) is 2.84. The van der Waals surface area contributed by atoms with E-state index >= 15 is 0 Å². The van der Waals surface area contributed by atoms with Gasteiger partial charge in [-0.3, -0.25) is 9.97 Å². The molecule has 0 saturated heterocycles. The first-order valence-corrected chi connectivity index (χ1v) is 9.86. The van der Waals surface area contributed by atoms with Crippen LogP contribution >= 0.6 is 0 Å². The molecule has 6 nitrogen and oxygen atoms in total. The molecule has 0 spiro atoms. The molecule has 0 atom stereocenters. The second-order valence-corrected chi connectivity index (χ2v) is 6.37. The monoisotopic (exact) mass is 625 g/mol. The Morgan fingerprint density at radius 1 is 0.700 bits per heavy atom. The van der Waals surface area contributed by atoms with Crippen LogP contribution in [-0.4, -0.2) is 58.3 Å². The van der Waals surface area contributed by atoms with Crippen LogP contribution in [0.5, 0.6) is 0 Å². The van der Waals surface area contributed by atoms with Crippen molar-refractivity contribution in [2.75, 3.05) is 38.5 Å². The van der Waals surface area contributed by atoms with Crippen LogP contribution in [0, 0.1) is 0 Å². The van der Waals surface area contributed by atoms with Crippen LogP contribution in [0.25, 0.3) is 22.8 Å². The summed E-state index contributed by atoms with van der Waals surface area (Å²) in [7, 11) is 0. The van der Waals surface area contributed by atoms with Crippen molar-refractivity contribution < 1.29 is 33.5 Å². The third-order valence-electron chi connectivity index (χ3n) is 3.90. The normalized spacial score (nSPS) is 9.73. The SMILES string of the molecule is NCCN(CCN)CC[S-].[Cl-].[Pt+2].c1ccc(-c2cccc(-c3ccccn3)n2)nc1. The Bertz CT molecular complexity index is 729. The Hall–Kier alpha value is -1.34. The minimum absolute atomic E-state index is 0. The number of nitrogens with zero attached hydrogens (tertiary/aromatic N) is 4. The van der Waals surface area contributed by atoms with Gasteiger partial charge in [0.1, 0.15) is 0 Å². The van der Waals surface area contributed by atoms with Gasteiger partial charge in [-0.1, -0.05) is 18.2 Å². The molecule has 0 unspecified atom stereocenters. The standard InChI is InChI=1S/C15H11N3.C6H17N3S.ClH.Pt/c1-3-10-16-12(6-1)14-8-5-9-15(18-14)13-7-2-4-11-17-13;7-1-3-9(4-2-8)5-6-10;;/h1-11H;10H,1-8H2;1H;/q;;;+2/p-2. The van der Waals surface area contributed by atoms with E-state index in [9.17, 15) is 0 Å². The zero-order valence-electron chi connectivity index (χ0n) is 16.6. The summed E-state index contributed by atoms with van der Waals surface area (Å²) < 4.78 is 0. The van der Waals surface area contributed by atoms with Crippen molar-refractivity contribution in [2.45, 2.75) is 0 Å². The molecule has 3 aromatic rings. The van der Waals surface area contributed by atoms with E-state index in [2.05, 4.69) is 19.9 Å². The summed E-state index contributed by atoms with van der Waals surface area (Å²) in [5.41, 5.74) is 14.2. The maximum Gasteiger partial charge on any atom is 2.00 e. The number of nitrogens with two attached hydrogens (primary N) is 2. The van der Waals surface area contributed by atoms with Crippen molar-refractivity contribution in [3.05, 3.63) is 67.0 Å². The fourth-order valence-electron chi connectivity index (χ4n) is 2.58. The van der Waals surface area contributed by atoms with E-state index in [1.165, 1.54) is 0 Å². The molecule has 30 heavy (non-hydrogen) atoms. The molecule has 3 aromatic heterocycles. The average molecular weight is 626 g/mol. The molecule has 4 N–H and O–H groups in total. The van der Waals surface area contributed by atoms with Crippen molar-refractivity contribution in [2.24, 2.45) is 11.5 Å². The van der Waals surface area contributed by atoms with Crippen LogP contribution in [-0.2, 0) is 33.7 Å². The fraction of sp³-hybridized carbons (Fsp3) is 0.286. The third-order valence-corrected chi connectivity index (χ3v) is 4.08. The molecule has 9 heteroatoms. The molecule has 0 aliphatic carbocycles. The third kappa shape index (κ3) is 10.1. The van der Waals surface area contributed by atoms with Gasteiger partial charge < -0.3 is 41.4 Å². The quantitative estimate of drug-likeness (QED) is 0.309. The summed E-state index contributed by atoms with van der Waals surface area (Å²) in [6.07, 6.45) is 3.54. The number of rotatable bonds is 8. The van der Waals surface area contributed by atoms with E-state index in [1.54, 1.807) is 12.4 Å². The van der Waals surface area contributed by atoms with Gasteiger partial charge in [0.25, 0.3) is 0 Å². The summed E-state index contributed by atoms with van der Waals surface area (Å²) in [6, 6.07) is 17.5. The number of hydrogen-bond acceptors (Lipinski definition) is 7. The molecular weight excluding hydrogens is 599 g/mol. The maximum atomic E-state index is 5.37. The summed E-state index contributed by atoms with van der Waals surface area (Å²) in [5, 5.41) is 0. The van der Waals surface area contributed by atoms with E-state index in [0.29, 0.717) is 13.1 Å². The number of pyridine rings is 3. The first-order chi connectivity index (χ1) is 13.8. The van der Waals surface area contributed by atoms with Gasteiger partial charge in [0.05, 0.1) is 22.8 Å². The molecule has 0 bridgehead atoms. The molecular formula is C21H27ClN6PtS. The van der Waals surface area contributed by atoms with Crippen LogP contribution in [0.15, 0.2) is 67.0 Å². The van der Waals surface area contributed by atoms with Crippen LogP contribution in [0.1, 0.15) is 0 Å². The average Bonchev–Trinajstić information content (AvgIpc) is 2.76. The first-order valence-electron chi connectivity index (χ1n) is 9.29. The summed E-state index contributed by atoms with van der Waals surface area (Å²) in [6.45, 7) is 4.14. The van der Waals surface area contributed by atoms with Crippen LogP contribution < -0.4 is 23.9 Å². The summed E-state index contributed by atoms with van der Waals surface area (Å²) >= 11 is 4.83. The van der Waals surface area contributed by atoms with Gasteiger partial charge in [0, 0.05) is 38.6 Å². The van der Waals surface area contributed by atoms with Crippen molar-refractivity contribution in [1.29, 1.82) is 0 Å². The Labute approximate surface area is 205 Å². The Balaban J connectivity index is 0.000000614. The van der Waals surface area contributed by atoms with Crippen LogP contribution in [0.4, 0.5) is 0 Å². The molecule has 3 heterocycles. The molecule has 164 valence electrons. The summed E-state index contributed by atoms with van der Waals surface area (Å²) in [5.74, 6) is 0.764. The number of hydrogen-bond donors (Lipinski definition) is 2. The summed E-state index contributed by atoms with van der Waals surface area (Å²) in [4.78, 5) is 15.4. The zero-order chi connectivity index (χ0) is 20.0. The van der Waals surface area contributed by atoms with Gasteiger partial charge >= 0.3 is 21.1 Å². The predicted molar refractivity (Wildman–Crippen MR) is 117 cm³/mol. The van der Waals surface area contributed by atoms with Crippen molar-refractivity contribution in [1.82, 2.24) is 19.9 Å². The van der Waals surface area contributed by atoms with E-state index in [1.807, 2.05) is 54.6 Å². The molecule has 0 saturated carbocycles. The molecule has 3 rings (SSSR count). The molecule has 0 radical (unpaired) electrons. The largest absolute Gasteiger partial charge is 2.00 e. The maximum absolute atomic E-state index is 5.37. The molecule has 0 fully saturated rings. The first kappa shape index (κ1) is 28.7. The minimum Gasteiger partial charge on any atom is -1.00 e. The van der Waals surface area contributed by atoms with Gasteiger partial charge in [-0.15, -0.1) is 0 Å². The molecule has 0 amide bonds. The van der Waals surface area contributed by atoms with E-state index in [-0.39, 0.29) is 33.5 Å². The van der Waals surface area contributed by atoms with Gasteiger partial charge in [-0.25, -0.2) is 4.98 Å². The Morgan fingerprint density at radius 2 is 1.17 bits per heavy atom. The van der Waals surface area contributed by atoms with Crippen molar-refractivity contribution >= 4 is 12.6 Å².